The van der Waals surface area contributed by atoms with Gasteiger partial charge in [-0.3, -0.25) is 0 Å². The summed E-state index contributed by atoms with van der Waals surface area (Å²) in [4.78, 5) is 3.58. The van der Waals surface area contributed by atoms with Crippen molar-refractivity contribution in [3.63, 3.8) is 0 Å². The van der Waals surface area contributed by atoms with E-state index in [1.165, 1.54) is 6.07 Å². The molecule has 0 spiro atoms. The first kappa shape index (κ1) is 11.3. The smallest absolute Gasteiger partial charge is 0.369 e. The van der Waals surface area contributed by atoms with E-state index in [0.29, 0.717) is 18.8 Å². The molecule has 0 aromatic carbocycles. The fourth-order valence-electron chi connectivity index (χ4n) is 1.54. The Morgan fingerprint density at radius 2 is 2.19 bits per heavy atom. The zero-order valence-electron chi connectivity index (χ0n) is 8.42. The second kappa shape index (κ2) is 4.39. The molecule has 0 radical (unpaired) electrons. The van der Waals surface area contributed by atoms with Crippen LogP contribution in [0.15, 0.2) is 18.2 Å². The summed E-state index contributed by atoms with van der Waals surface area (Å²) in [6, 6.07) is 3.86. The molecule has 0 unspecified atom stereocenters. The van der Waals surface area contributed by atoms with Crippen molar-refractivity contribution < 1.29 is 17.9 Å². The molecule has 0 aliphatic carbocycles. The van der Waals surface area contributed by atoms with E-state index in [4.69, 9.17) is 4.74 Å². The molecule has 16 heavy (non-hydrogen) atoms. The van der Waals surface area contributed by atoms with Gasteiger partial charge in [0.25, 0.3) is 0 Å². The van der Waals surface area contributed by atoms with Crippen LogP contribution in [0.4, 0.5) is 13.2 Å². The number of nitrogens with one attached hydrogen (secondary N) is 1. The maximum Gasteiger partial charge on any atom is 0.433 e. The average Bonchev–Trinajstić information content (AvgIpc) is 2.29. The van der Waals surface area contributed by atoms with Crippen molar-refractivity contribution in [2.75, 3.05) is 19.7 Å². The summed E-state index contributed by atoms with van der Waals surface area (Å²) in [5.74, 6) is 0. The van der Waals surface area contributed by atoms with Gasteiger partial charge in [-0.05, 0) is 12.1 Å². The first-order valence-electron chi connectivity index (χ1n) is 4.94. The average molecular weight is 232 g/mol. The minimum absolute atomic E-state index is 0.321. The van der Waals surface area contributed by atoms with E-state index in [1.54, 1.807) is 6.07 Å². The summed E-state index contributed by atoms with van der Waals surface area (Å²) >= 11 is 0. The molecule has 1 aromatic heterocycles. The summed E-state index contributed by atoms with van der Waals surface area (Å²) in [5.41, 5.74) is -0.554. The molecule has 0 amide bonds. The molecular weight excluding hydrogens is 221 g/mol. The van der Waals surface area contributed by atoms with E-state index in [9.17, 15) is 13.2 Å². The quantitative estimate of drug-likeness (QED) is 0.801. The lowest BCUT2D eigenvalue weighted by Gasteiger charge is -2.23. The van der Waals surface area contributed by atoms with Crippen LogP contribution in [-0.4, -0.2) is 24.7 Å². The fourth-order valence-corrected chi connectivity index (χ4v) is 1.54. The molecule has 1 fully saturated rings. The molecule has 1 atom stereocenters. The highest BCUT2D eigenvalue weighted by Crippen LogP contribution is 2.28. The zero-order valence-corrected chi connectivity index (χ0v) is 8.42. The second-order valence-electron chi connectivity index (χ2n) is 3.51. The Hall–Kier alpha value is -1.14. The molecule has 1 aliphatic heterocycles. The van der Waals surface area contributed by atoms with Gasteiger partial charge in [-0.2, -0.15) is 13.2 Å². The SMILES string of the molecule is FC(F)(F)c1cccc([C@H]2CNCCO2)n1. The van der Waals surface area contributed by atoms with Crippen LogP contribution in [0.5, 0.6) is 0 Å². The van der Waals surface area contributed by atoms with Crippen molar-refractivity contribution in [3.05, 3.63) is 29.6 Å². The van der Waals surface area contributed by atoms with E-state index in [2.05, 4.69) is 10.3 Å². The zero-order chi connectivity index (χ0) is 11.6. The highest BCUT2D eigenvalue weighted by molar-refractivity contribution is 5.16. The summed E-state index contributed by atoms with van der Waals surface area (Å²) in [5, 5.41) is 3.05. The number of ether oxygens (including phenoxy) is 1. The predicted molar refractivity (Wildman–Crippen MR) is 50.8 cm³/mol. The van der Waals surface area contributed by atoms with Crippen LogP contribution in [0.3, 0.4) is 0 Å². The Morgan fingerprint density at radius 3 is 2.81 bits per heavy atom. The number of hydrogen-bond acceptors (Lipinski definition) is 3. The number of nitrogens with zero attached hydrogens (tertiary/aromatic N) is 1. The third kappa shape index (κ3) is 2.51. The predicted octanol–water partition coefficient (Wildman–Crippen LogP) is 1.76. The molecule has 1 N–H and O–H groups in total. The lowest BCUT2D eigenvalue weighted by molar-refractivity contribution is -0.141. The minimum Gasteiger partial charge on any atom is -0.369 e. The van der Waals surface area contributed by atoms with E-state index in [0.717, 1.165) is 12.6 Å². The monoisotopic (exact) mass is 232 g/mol. The van der Waals surface area contributed by atoms with Gasteiger partial charge < -0.3 is 10.1 Å². The Balaban J connectivity index is 2.21. The molecule has 6 heteroatoms. The van der Waals surface area contributed by atoms with Crippen molar-refractivity contribution >= 4 is 0 Å². The maximum absolute atomic E-state index is 12.4. The number of morpholine rings is 1. The summed E-state index contributed by atoms with van der Waals surface area (Å²) < 4.78 is 42.6. The molecule has 3 nitrogen and oxygen atoms in total. The number of alkyl halides is 3. The number of pyridine rings is 1. The van der Waals surface area contributed by atoms with Gasteiger partial charge in [0.15, 0.2) is 0 Å². The van der Waals surface area contributed by atoms with E-state index >= 15 is 0 Å². The van der Waals surface area contributed by atoms with Gasteiger partial charge in [0, 0.05) is 13.1 Å². The fraction of sp³-hybridized carbons (Fsp3) is 0.500. The first-order chi connectivity index (χ1) is 7.57. The van der Waals surface area contributed by atoms with Crippen molar-refractivity contribution in [1.29, 1.82) is 0 Å². The van der Waals surface area contributed by atoms with Gasteiger partial charge in [0.2, 0.25) is 0 Å². The topological polar surface area (TPSA) is 34.1 Å². The van der Waals surface area contributed by atoms with Crippen LogP contribution in [-0.2, 0) is 10.9 Å². The van der Waals surface area contributed by atoms with Gasteiger partial charge in [-0.15, -0.1) is 0 Å². The second-order valence-corrected chi connectivity index (χ2v) is 3.51. The van der Waals surface area contributed by atoms with E-state index in [1.807, 2.05) is 0 Å². The number of rotatable bonds is 1. The Bertz CT molecular complexity index is 361. The molecule has 0 saturated carbocycles. The van der Waals surface area contributed by atoms with Gasteiger partial charge in [-0.25, -0.2) is 4.98 Å². The summed E-state index contributed by atoms with van der Waals surface area (Å²) in [6.07, 6.45) is -4.80. The van der Waals surface area contributed by atoms with Crippen molar-refractivity contribution in [1.82, 2.24) is 10.3 Å². The van der Waals surface area contributed by atoms with Crippen LogP contribution in [0.1, 0.15) is 17.5 Å². The molecule has 2 rings (SSSR count). The molecule has 2 heterocycles. The lowest BCUT2D eigenvalue weighted by atomic mass is 10.2. The number of aromatic nitrogens is 1. The molecule has 88 valence electrons. The van der Waals surface area contributed by atoms with Crippen LogP contribution in [0.25, 0.3) is 0 Å². The molecule has 1 saturated heterocycles. The van der Waals surface area contributed by atoms with Crippen LogP contribution in [0.2, 0.25) is 0 Å². The van der Waals surface area contributed by atoms with E-state index < -0.39 is 18.0 Å². The van der Waals surface area contributed by atoms with Crippen molar-refractivity contribution in [3.8, 4) is 0 Å². The molecule has 1 aromatic rings. The van der Waals surface area contributed by atoms with Gasteiger partial charge in [-0.1, -0.05) is 6.07 Å². The minimum atomic E-state index is -4.40. The third-order valence-corrected chi connectivity index (χ3v) is 2.32. The molecular formula is C10H11F3N2O. The van der Waals surface area contributed by atoms with Gasteiger partial charge >= 0.3 is 6.18 Å². The molecule has 0 bridgehead atoms. The van der Waals surface area contributed by atoms with Crippen molar-refractivity contribution in [2.24, 2.45) is 0 Å². The van der Waals surface area contributed by atoms with Crippen LogP contribution < -0.4 is 5.32 Å². The Labute approximate surface area is 90.6 Å². The largest absolute Gasteiger partial charge is 0.433 e. The highest BCUT2D eigenvalue weighted by Gasteiger charge is 2.33. The lowest BCUT2D eigenvalue weighted by Crippen LogP contribution is -2.34. The standard InChI is InChI=1S/C10H11F3N2O/c11-10(12,13)9-3-1-2-7(15-9)8-6-14-4-5-16-8/h1-3,8,14H,4-6H2/t8-/m1/s1. The van der Waals surface area contributed by atoms with Crippen LogP contribution >= 0.6 is 0 Å². The third-order valence-electron chi connectivity index (χ3n) is 2.32. The normalized spacial score (nSPS) is 22.1. The van der Waals surface area contributed by atoms with Crippen molar-refractivity contribution in [2.45, 2.75) is 12.3 Å². The molecule has 1 aliphatic rings. The van der Waals surface area contributed by atoms with Gasteiger partial charge in [0.1, 0.15) is 11.8 Å². The summed E-state index contributed by atoms with van der Waals surface area (Å²) in [6.45, 7) is 1.70. The van der Waals surface area contributed by atoms with Crippen LogP contribution in [0, 0.1) is 0 Å². The van der Waals surface area contributed by atoms with Gasteiger partial charge in [0.05, 0.1) is 12.3 Å². The first-order valence-corrected chi connectivity index (χ1v) is 4.94. The Kier molecular flexibility index (Phi) is 3.11. The summed E-state index contributed by atoms with van der Waals surface area (Å²) in [7, 11) is 0. The number of hydrogen-bond donors (Lipinski definition) is 1. The highest BCUT2D eigenvalue weighted by atomic mass is 19.4. The Morgan fingerprint density at radius 1 is 1.38 bits per heavy atom. The maximum atomic E-state index is 12.4. The van der Waals surface area contributed by atoms with E-state index in [-0.39, 0.29) is 0 Å². The number of halogens is 3.